The summed E-state index contributed by atoms with van der Waals surface area (Å²) >= 11 is 0. The first-order chi connectivity index (χ1) is 9.86. The zero-order valence-electron chi connectivity index (χ0n) is 12.9. The molecule has 0 spiro atoms. The Bertz CT molecular complexity index is 412. The van der Waals surface area contributed by atoms with Gasteiger partial charge < -0.3 is 19.6 Å². The molecule has 1 rings (SSSR count). The van der Waals surface area contributed by atoms with E-state index in [4.69, 9.17) is 0 Å². The van der Waals surface area contributed by atoms with E-state index in [1.165, 1.54) is 12.0 Å². The number of rotatable bonds is 5. The van der Waals surface area contributed by atoms with Crippen molar-refractivity contribution in [2.45, 2.75) is 32.6 Å². The number of likely N-dealkylation sites (tertiary alicyclic amines) is 1. The molecule has 2 amide bonds. The molecule has 1 heterocycles. The van der Waals surface area contributed by atoms with Crippen LogP contribution in [0.25, 0.3) is 0 Å². The van der Waals surface area contributed by atoms with Crippen molar-refractivity contribution < 1.29 is 24.2 Å². The summed E-state index contributed by atoms with van der Waals surface area (Å²) in [7, 11) is 2.91. The Morgan fingerprint density at radius 3 is 2.57 bits per heavy atom. The van der Waals surface area contributed by atoms with E-state index in [1.54, 1.807) is 11.9 Å². The fourth-order valence-electron chi connectivity index (χ4n) is 2.61. The Labute approximate surface area is 124 Å². The molecule has 0 aromatic rings. The average Bonchev–Trinajstić information content (AvgIpc) is 2.51. The van der Waals surface area contributed by atoms with E-state index in [-0.39, 0.29) is 31.5 Å². The number of carboxylic acid groups (broad SMARTS) is 1. The van der Waals surface area contributed by atoms with Crippen LogP contribution >= 0.6 is 0 Å². The number of urea groups is 1. The number of esters is 1. The van der Waals surface area contributed by atoms with Crippen molar-refractivity contribution in [3.63, 3.8) is 0 Å². The maximum Gasteiger partial charge on any atom is 0.319 e. The molecule has 0 aliphatic carbocycles. The van der Waals surface area contributed by atoms with Crippen LogP contribution in [-0.4, -0.2) is 66.7 Å². The molecule has 0 aromatic carbocycles. The van der Waals surface area contributed by atoms with E-state index < -0.39 is 11.4 Å². The van der Waals surface area contributed by atoms with Crippen LogP contribution in [0.1, 0.15) is 32.6 Å². The minimum atomic E-state index is -0.850. The molecule has 0 radical (unpaired) electrons. The lowest BCUT2D eigenvalue weighted by Crippen LogP contribution is -2.52. The summed E-state index contributed by atoms with van der Waals surface area (Å²) in [6, 6.07) is -0.238. The summed E-state index contributed by atoms with van der Waals surface area (Å²) in [5.41, 5.74) is -0.850. The fourth-order valence-corrected chi connectivity index (χ4v) is 2.61. The van der Waals surface area contributed by atoms with Crippen LogP contribution < -0.4 is 0 Å². The third-order valence-corrected chi connectivity index (χ3v) is 4.18. The lowest BCUT2D eigenvalue weighted by Gasteiger charge is -2.40. The lowest BCUT2D eigenvalue weighted by atomic mass is 9.78. The molecule has 21 heavy (non-hydrogen) atoms. The molecule has 1 atom stereocenters. The Morgan fingerprint density at radius 2 is 2.05 bits per heavy atom. The third-order valence-electron chi connectivity index (χ3n) is 4.18. The standard InChI is InChI=1S/C14H24N2O5/c1-4-14(12(18)19)7-5-8-16(10-14)13(20)15(2)9-6-11(17)21-3/h4-10H2,1-3H3,(H,18,19). The Balaban J connectivity index is 2.65. The second-order valence-corrected chi connectivity index (χ2v) is 5.49. The second-order valence-electron chi connectivity index (χ2n) is 5.49. The SMILES string of the molecule is CCC1(C(=O)O)CCCN(C(=O)N(C)CCC(=O)OC)C1. The Hall–Kier alpha value is -1.79. The van der Waals surface area contributed by atoms with E-state index in [9.17, 15) is 19.5 Å². The molecule has 1 aliphatic rings. The predicted molar refractivity (Wildman–Crippen MR) is 75.8 cm³/mol. The molecular formula is C14H24N2O5. The van der Waals surface area contributed by atoms with Crippen molar-refractivity contribution in [2.75, 3.05) is 33.8 Å². The van der Waals surface area contributed by atoms with E-state index >= 15 is 0 Å². The Kier molecular flexibility index (Phi) is 5.99. The predicted octanol–water partition coefficient (Wildman–Crippen LogP) is 1.18. The van der Waals surface area contributed by atoms with Gasteiger partial charge in [0.25, 0.3) is 0 Å². The molecule has 0 aromatic heterocycles. The minimum Gasteiger partial charge on any atom is -0.481 e. The first-order valence-electron chi connectivity index (χ1n) is 7.16. The summed E-state index contributed by atoms with van der Waals surface area (Å²) in [6.07, 6.45) is 1.90. The highest BCUT2D eigenvalue weighted by atomic mass is 16.5. The molecule has 0 saturated carbocycles. The topological polar surface area (TPSA) is 87.2 Å². The zero-order chi connectivity index (χ0) is 16.0. The largest absolute Gasteiger partial charge is 0.481 e. The molecular weight excluding hydrogens is 276 g/mol. The van der Waals surface area contributed by atoms with Crippen molar-refractivity contribution >= 4 is 18.0 Å². The van der Waals surface area contributed by atoms with Crippen LogP contribution in [0.2, 0.25) is 0 Å². The molecule has 7 heteroatoms. The number of amides is 2. The van der Waals surface area contributed by atoms with Gasteiger partial charge in [-0.1, -0.05) is 6.92 Å². The maximum absolute atomic E-state index is 12.3. The maximum atomic E-state index is 12.3. The highest BCUT2D eigenvalue weighted by molar-refractivity contribution is 5.79. The molecule has 1 N–H and O–H groups in total. The van der Waals surface area contributed by atoms with Crippen LogP contribution in [0.4, 0.5) is 4.79 Å². The summed E-state index contributed by atoms with van der Waals surface area (Å²) in [4.78, 5) is 37.9. The number of nitrogens with zero attached hydrogens (tertiary/aromatic N) is 2. The number of hydrogen-bond donors (Lipinski definition) is 1. The monoisotopic (exact) mass is 300 g/mol. The number of methoxy groups -OCH3 is 1. The molecule has 0 bridgehead atoms. The van der Waals surface area contributed by atoms with Crippen molar-refractivity contribution in [2.24, 2.45) is 5.41 Å². The summed E-state index contributed by atoms with van der Waals surface area (Å²) in [6.45, 7) is 2.87. The first kappa shape index (κ1) is 17.3. The van der Waals surface area contributed by atoms with Crippen LogP contribution in [0.5, 0.6) is 0 Å². The molecule has 1 saturated heterocycles. The van der Waals surface area contributed by atoms with Crippen LogP contribution in [0.3, 0.4) is 0 Å². The average molecular weight is 300 g/mol. The summed E-state index contributed by atoms with van der Waals surface area (Å²) in [5, 5.41) is 9.42. The van der Waals surface area contributed by atoms with Crippen molar-refractivity contribution in [1.29, 1.82) is 0 Å². The minimum absolute atomic E-state index is 0.129. The van der Waals surface area contributed by atoms with Crippen LogP contribution in [0.15, 0.2) is 0 Å². The lowest BCUT2D eigenvalue weighted by molar-refractivity contribution is -0.152. The van der Waals surface area contributed by atoms with Gasteiger partial charge in [-0.3, -0.25) is 9.59 Å². The van der Waals surface area contributed by atoms with E-state index in [2.05, 4.69) is 4.74 Å². The van der Waals surface area contributed by atoms with Gasteiger partial charge in [-0.15, -0.1) is 0 Å². The van der Waals surface area contributed by atoms with E-state index in [0.29, 0.717) is 25.8 Å². The van der Waals surface area contributed by atoms with Gasteiger partial charge in [0.15, 0.2) is 0 Å². The van der Waals surface area contributed by atoms with Crippen LogP contribution in [0, 0.1) is 5.41 Å². The summed E-state index contributed by atoms with van der Waals surface area (Å²) < 4.78 is 4.54. The van der Waals surface area contributed by atoms with Gasteiger partial charge in [-0.2, -0.15) is 0 Å². The third kappa shape index (κ3) is 4.09. The molecule has 120 valence electrons. The van der Waals surface area contributed by atoms with Gasteiger partial charge in [-0.05, 0) is 19.3 Å². The second kappa shape index (κ2) is 7.28. The summed E-state index contributed by atoms with van der Waals surface area (Å²) in [5.74, 6) is -1.22. The zero-order valence-corrected chi connectivity index (χ0v) is 12.9. The molecule has 1 aliphatic heterocycles. The number of carbonyl (C=O) groups excluding carboxylic acids is 2. The van der Waals surface area contributed by atoms with Crippen molar-refractivity contribution in [3.05, 3.63) is 0 Å². The molecule has 1 unspecified atom stereocenters. The fraction of sp³-hybridized carbons (Fsp3) is 0.786. The smallest absolute Gasteiger partial charge is 0.319 e. The number of piperidine rings is 1. The van der Waals surface area contributed by atoms with Gasteiger partial charge >= 0.3 is 18.0 Å². The highest BCUT2D eigenvalue weighted by Gasteiger charge is 2.42. The number of carbonyl (C=O) groups is 3. The number of ether oxygens (including phenoxy) is 1. The van der Waals surface area contributed by atoms with Gasteiger partial charge in [0.1, 0.15) is 0 Å². The molecule has 1 fully saturated rings. The molecule has 7 nitrogen and oxygen atoms in total. The number of carboxylic acids is 1. The quantitative estimate of drug-likeness (QED) is 0.770. The van der Waals surface area contributed by atoms with Gasteiger partial charge in [0.05, 0.1) is 18.9 Å². The van der Waals surface area contributed by atoms with Crippen molar-refractivity contribution in [3.8, 4) is 0 Å². The Morgan fingerprint density at radius 1 is 1.38 bits per heavy atom. The number of aliphatic carboxylic acids is 1. The van der Waals surface area contributed by atoms with Gasteiger partial charge in [-0.25, -0.2) is 4.79 Å². The highest BCUT2D eigenvalue weighted by Crippen LogP contribution is 2.34. The van der Waals surface area contributed by atoms with Gasteiger partial charge in [0.2, 0.25) is 0 Å². The van der Waals surface area contributed by atoms with E-state index in [0.717, 1.165) is 0 Å². The van der Waals surface area contributed by atoms with Crippen molar-refractivity contribution in [1.82, 2.24) is 9.80 Å². The van der Waals surface area contributed by atoms with Crippen LogP contribution in [-0.2, 0) is 14.3 Å². The first-order valence-corrected chi connectivity index (χ1v) is 7.16. The normalized spacial score (nSPS) is 21.8. The van der Waals surface area contributed by atoms with E-state index in [1.807, 2.05) is 6.92 Å². The number of hydrogen-bond acceptors (Lipinski definition) is 4. The van der Waals surface area contributed by atoms with Gasteiger partial charge in [0, 0.05) is 26.7 Å².